The first kappa shape index (κ1) is 17.4. The summed E-state index contributed by atoms with van der Waals surface area (Å²) >= 11 is 0. The molecule has 0 aliphatic rings. The van der Waals surface area contributed by atoms with Crippen molar-refractivity contribution in [2.24, 2.45) is 5.92 Å². The fraction of sp³-hybridized carbons (Fsp3) is 0.571. The van der Waals surface area contributed by atoms with Gasteiger partial charge < -0.3 is 10.4 Å². The highest BCUT2D eigenvalue weighted by atomic mass is 16.4. The topological polar surface area (TPSA) is 69.6 Å². The molecule has 0 radical (unpaired) electrons. The van der Waals surface area contributed by atoms with Crippen molar-refractivity contribution in [2.45, 2.75) is 26.3 Å². The summed E-state index contributed by atoms with van der Waals surface area (Å²) in [5.74, 6) is -1.09. The minimum Gasteiger partial charge on any atom is -0.480 e. The third kappa shape index (κ3) is 8.15. The van der Waals surface area contributed by atoms with Crippen LogP contribution in [0.3, 0.4) is 0 Å². The van der Waals surface area contributed by atoms with Crippen LogP contribution in [-0.2, 0) is 9.59 Å². The lowest BCUT2D eigenvalue weighted by atomic mass is 10.0. The molecule has 0 heterocycles. The zero-order valence-electron chi connectivity index (χ0n) is 11.8. The van der Waals surface area contributed by atoms with Crippen LogP contribution in [0.1, 0.15) is 20.3 Å². The molecule has 5 heteroatoms. The van der Waals surface area contributed by atoms with Crippen molar-refractivity contribution in [3.05, 3.63) is 25.3 Å². The predicted octanol–water partition coefficient (Wildman–Crippen LogP) is 1.28. The molecule has 0 fully saturated rings. The van der Waals surface area contributed by atoms with Gasteiger partial charge in [-0.1, -0.05) is 26.0 Å². The van der Waals surface area contributed by atoms with Crippen LogP contribution in [-0.4, -0.2) is 47.6 Å². The molecule has 1 amide bonds. The van der Waals surface area contributed by atoms with Crippen molar-refractivity contribution in [1.82, 2.24) is 10.2 Å². The summed E-state index contributed by atoms with van der Waals surface area (Å²) in [6.45, 7) is 12.3. The van der Waals surface area contributed by atoms with Gasteiger partial charge >= 0.3 is 5.97 Å². The van der Waals surface area contributed by atoms with E-state index in [9.17, 15) is 9.59 Å². The van der Waals surface area contributed by atoms with Gasteiger partial charge in [0.2, 0.25) is 5.91 Å². The first-order valence-corrected chi connectivity index (χ1v) is 6.37. The Hall–Kier alpha value is -1.62. The maximum absolute atomic E-state index is 11.8. The Morgan fingerprint density at radius 3 is 2.16 bits per heavy atom. The molecule has 0 aliphatic carbocycles. The number of carboxylic acids is 1. The van der Waals surface area contributed by atoms with Crippen LogP contribution in [0, 0.1) is 5.92 Å². The van der Waals surface area contributed by atoms with Gasteiger partial charge in [0.05, 0.1) is 6.54 Å². The maximum atomic E-state index is 11.8. The van der Waals surface area contributed by atoms with E-state index in [1.807, 2.05) is 18.7 Å². The van der Waals surface area contributed by atoms with Crippen LogP contribution in [0.25, 0.3) is 0 Å². The van der Waals surface area contributed by atoms with E-state index in [1.165, 1.54) is 0 Å². The van der Waals surface area contributed by atoms with Crippen molar-refractivity contribution in [2.75, 3.05) is 19.6 Å². The molecule has 0 spiro atoms. The number of hydrogen-bond acceptors (Lipinski definition) is 3. The van der Waals surface area contributed by atoms with E-state index >= 15 is 0 Å². The van der Waals surface area contributed by atoms with E-state index in [2.05, 4.69) is 18.5 Å². The Bertz CT molecular complexity index is 317. The largest absolute Gasteiger partial charge is 0.480 e. The summed E-state index contributed by atoms with van der Waals surface area (Å²) in [6.07, 6.45) is 3.81. The average molecular weight is 268 g/mol. The van der Waals surface area contributed by atoms with Crippen molar-refractivity contribution in [3.63, 3.8) is 0 Å². The van der Waals surface area contributed by atoms with Gasteiger partial charge in [0, 0.05) is 13.1 Å². The second-order valence-corrected chi connectivity index (χ2v) is 4.86. The summed E-state index contributed by atoms with van der Waals surface area (Å²) < 4.78 is 0. The van der Waals surface area contributed by atoms with Gasteiger partial charge in [-0.15, -0.1) is 13.2 Å². The molecular formula is C14H24N2O3. The van der Waals surface area contributed by atoms with Gasteiger partial charge in [0.15, 0.2) is 0 Å². The smallest absolute Gasteiger partial charge is 0.326 e. The van der Waals surface area contributed by atoms with Gasteiger partial charge in [0.1, 0.15) is 6.04 Å². The summed E-state index contributed by atoms with van der Waals surface area (Å²) in [6, 6.07) is -0.832. The third-order valence-corrected chi connectivity index (χ3v) is 2.48. The molecule has 0 aromatic carbocycles. The maximum Gasteiger partial charge on any atom is 0.326 e. The summed E-state index contributed by atoms with van der Waals surface area (Å²) in [4.78, 5) is 24.7. The molecule has 2 N–H and O–H groups in total. The van der Waals surface area contributed by atoms with Crippen LogP contribution >= 0.6 is 0 Å². The van der Waals surface area contributed by atoms with E-state index in [4.69, 9.17) is 5.11 Å². The van der Waals surface area contributed by atoms with Gasteiger partial charge in [0.25, 0.3) is 0 Å². The van der Waals surface area contributed by atoms with Crippen molar-refractivity contribution in [1.29, 1.82) is 0 Å². The van der Waals surface area contributed by atoms with Gasteiger partial charge in [-0.05, 0) is 12.3 Å². The van der Waals surface area contributed by atoms with Crippen molar-refractivity contribution < 1.29 is 14.7 Å². The summed E-state index contributed by atoms with van der Waals surface area (Å²) in [5.41, 5.74) is 0. The molecule has 5 nitrogen and oxygen atoms in total. The van der Waals surface area contributed by atoms with Crippen LogP contribution < -0.4 is 5.32 Å². The lowest BCUT2D eigenvalue weighted by Crippen LogP contribution is -2.46. The lowest BCUT2D eigenvalue weighted by molar-refractivity contribution is -0.142. The van der Waals surface area contributed by atoms with Crippen molar-refractivity contribution >= 4 is 11.9 Å². The van der Waals surface area contributed by atoms with Crippen LogP contribution in [0.5, 0.6) is 0 Å². The number of hydrogen-bond donors (Lipinski definition) is 2. The van der Waals surface area contributed by atoms with Crippen LogP contribution in [0.2, 0.25) is 0 Å². The molecule has 0 saturated heterocycles. The lowest BCUT2D eigenvalue weighted by Gasteiger charge is -2.21. The second kappa shape index (κ2) is 9.33. The standard InChI is InChI=1S/C14H24N2O3/c1-5-7-16(8-6-2)10-13(17)15-12(14(18)19)9-11(3)4/h5-6,11-12H,1-2,7-10H2,3-4H3,(H,15,17)(H,18,19). The fourth-order valence-electron chi connectivity index (χ4n) is 1.70. The number of carbonyl (C=O) groups is 2. The van der Waals surface area contributed by atoms with Gasteiger partial charge in [-0.3, -0.25) is 9.69 Å². The monoisotopic (exact) mass is 268 g/mol. The van der Waals surface area contributed by atoms with Crippen molar-refractivity contribution in [3.8, 4) is 0 Å². The first-order chi connectivity index (χ1) is 8.90. The number of aliphatic carboxylic acids is 1. The van der Waals surface area contributed by atoms with Crippen LogP contribution in [0.15, 0.2) is 25.3 Å². The summed E-state index contributed by atoms with van der Waals surface area (Å²) in [5, 5.41) is 11.6. The molecule has 0 bridgehead atoms. The summed E-state index contributed by atoms with van der Waals surface area (Å²) in [7, 11) is 0. The van der Waals surface area contributed by atoms with E-state index in [0.29, 0.717) is 19.5 Å². The average Bonchev–Trinajstić information content (AvgIpc) is 2.27. The number of carbonyl (C=O) groups excluding carboxylic acids is 1. The second-order valence-electron chi connectivity index (χ2n) is 4.86. The van der Waals surface area contributed by atoms with E-state index < -0.39 is 12.0 Å². The number of nitrogens with one attached hydrogen (secondary N) is 1. The molecule has 108 valence electrons. The van der Waals surface area contributed by atoms with E-state index in [1.54, 1.807) is 12.2 Å². The molecule has 1 atom stereocenters. The Balaban J connectivity index is 4.41. The van der Waals surface area contributed by atoms with Crippen LogP contribution in [0.4, 0.5) is 0 Å². The molecule has 0 aromatic rings. The number of nitrogens with zero attached hydrogens (tertiary/aromatic N) is 1. The number of amides is 1. The minimum absolute atomic E-state index is 0.139. The number of carboxylic acid groups (broad SMARTS) is 1. The van der Waals surface area contributed by atoms with Gasteiger partial charge in [-0.2, -0.15) is 0 Å². The third-order valence-electron chi connectivity index (χ3n) is 2.48. The molecule has 19 heavy (non-hydrogen) atoms. The highest BCUT2D eigenvalue weighted by Gasteiger charge is 2.21. The number of rotatable bonds is 10. The quantitative estimate of drug-likeness (QED) is 0.586. The first-order valence-electron chi connectivity index (χ1n) is 6.37. The highest BCUT2D eigenvalue weighted by Crippen LogP contribution is 2.05. The normalized spacial score (nSPS) is 12.2. The van der Waals surface area contributed by atoms with E-state index in [0.717, 1.165) is 0 Å². The Morgan fingerprint density at radius 1 is 1.26 bits per heavy atom. The zero-order chi connectivity index (χ0) is 14.8. The fourth-order valence-corrected chi connectivity index (χ4v) is 1.70. The highest BCUT2D eigenvalue weighted by molar-refractivity contribution is 5.84. The zero-order valence-corrected chi connectivity index (χ0v) is 11.8. The SMILES string of the molecule is C=CCN(CC=C)CC(=O)NC(CC(C)C)C(=O)O. The Kier molecular flexibility index (Phi) is 8.53. The van der Waals surface area contributed by atoms with Gasteiger partial charge in [-0.25, -0.2) is 4.79 Å². The molecule has 0 aliphatic heterocycles. The Labute approximate surface area is 115 Å². The molecule has 0 rings (SSSR count). The molecule has 0 aromatic heterocycles. The predicted molar refractivity (Wildman–Crippen MR) is 75.9 cm³/mol. The Morgan fingerprint density at radius 2 is 1.79 bits per heavy atom. The van der Waals surface area contributed by atoms with E-state index in [-0.39, 0.29) is 18.4 Å². The molecular weight excluding hydrogens is 244 g/mol. The minimum atomic E-state index is -0.999. The molecule has 0 saturated carbocycles. The molecule has 1 unspecified atom stereocenters.